The normalized spacial score (nSPS) is 12.3. The summed E-state index contributed by atoms with van der Waals surface area (Å²) in [4.78, 5) is 23.7. The fourth-order valence-electron chi connectivity index (χ4n) is 1.55. The van der Waals surface area contributed by atoms with E-state index < -0.39 is 17.4 Å². The summed E-state index contributed by atoms with van der Waals surface area (Å²) >= 11 is 0. The van der Waals surface area contributed by atoms with Crippen molar-refractivity contribution < 1.29 is 9.90 Å². The van der Waals surface area contributed by atoms with Crippen LogP contribution >= 0.6 is 0 Å². The van der Waals surface area contributed by atoms with Crippen molar-refractivity contribution in [2.24, 2.45) is 0 Å². The number of amides is 1. The predicted molar refractivity (Wildman–Crippen MR) is 66.4 cm³/mol. The Kier molecular flexibility index (Phi) is 3.38. The first-order valence-corrected chi connectivity index (χ1v) is 5.53. The molecule has 0 saturated carbocycles. The minimum absolute atomic E-state index is 0.0762. The number of nitrogens with one attached hydrogen (secondary N) is 2. The molecule has 6 nitrogen and oxygen atoms in total. The molecule has 1 heterocycles. The lowest BCUT2D eigenvalue weighted by Crippen LogP contribution is -2.34. The number of nitrogens with zero attached hydrogens (tertiary/aromatic N) is 1. The summed E-state index contributed by atoms with van der Waals surface area (Å²) in [7, 11) is 0. The molecule has 0 fully saturated rings. The van der Waals surface area contributed by atoms with Gasteiger partial charge in [-0.1, -0.05) is 12.1 Å². The van der Waals surface area contributed by atoms with Crippen LogP contribution in [0.3, 0.4) is 0 Å². The average Bonchev–Trinajstić information content (AvgIpc) is 2.37. The molecule has 0 aliphatic carbocycles. The highest BCUT2D eigenvalue weighted by Gasteiger charge is 2.14. The van der Waals surface area contributed by atoms with Gasteiger partial charge in [0, 0.05) is 11.9 Å². The summed E-state index contributed by atoms with van der Waals surface area (Å²) in [5.74, 6) is -0.595. The fourth-order valence-corrected chi connectivity index (χ4v) is 1.55. The zero-order valence-electron chi connectivity index (χ0n) is 9.80. The van der Waals surface area contributed by atoms with Crippen molar-refractivity contribution >= 4 is 16.8 Å². The Hall–Kier alpha value is -2.21. The Morgan fingerprint density at radius 1 is 1.50 bits per heavy atom. The number of rotatable bonds is 3. The van der Waals surface area contributed by atoms with Gasteiger partial charge in [0.15, 0.2) is 5.69 Å². The molecule has 2 rings (SSSR count). The molecule has 0 spiro atoms. The van der Waals surface area contributed by atoms with Gasteiger partial charge in [0.25, 0.3) is 5.91 Å². The summed E-state index contributed by atoms with van der Waals surface area (Å²) < 4.78 is 0. The number of aliphatic hydroxyl groups excluding tert-OH is 1. The molecule has 6 heteroatoms. The Bertz CT molecular complexity index is 634. The standard InChI is InChI=1S/C12H13N3O3/c1-7(16)6-13-12(18)10-11(17)8-4-2-3-5-9(8)14-15-10/h2-5,7,16H,6H2,1H3,(H,13,18)(H,14,17). The molecule has 94 valence electrons. The van der Waals surface area contributed by atoms with Crippen LogP contribution in [0.1, 0.15) is 17.4 Å². The molecule has 1 aromatic heterocycles. The minimum Gasteiger partial charge on any atom is -0.392 e. The largest absolute Gasteiger partial charge is 0.392 e. The fraction of sp³-hybridized carbons (Fsp3) is 0.250. The van der Waals surface area contributed by atoms with Gasteiger partial charge >= 0.3 is 0 Å². The maximum absolute atomic E-state index is 12.0. The highest BCUT2D eigenvalue weighted by Crippen LogP contribution is 2.04. The summed E-state index contributed by atoms with van der Waals surface area (Å²) in [5, 5.41) is 18.3. The monoisotopic (exact) mass is 247 g/mol. The van der Waals surface area contributed by atoms with E-state index in [0.29, 0.717) is 10.9 Å². The van der Waals surface area contributed by atoms with Crippen LogP contribution in [0, 0.1) is 0 Å². The molecular formula is C12H13N3O3. The smallest absolute Gasteiger partial charge is 0.275 e. The highest BCUT2D eigenvalue weighted by atomic mass is 16.3. The van der Waals surface area contributed by atoms with E-state index in [4.69, 9.17) is 5.11 Å². The quantitative estimate of drug-likeness (QED) is 0.713. The highest BCUT2D eigenvalue weighted by molar-refractivity contribution is 5.95. The molecule has 1 aromatic carbocycles. The van der Waals surface area contributed by atoms with Crippen LogP contribution < -0.4 is 10.7 Å². The number of para-hydroxylation sites is 1. The number of aliphatic hydroxyl groups is 1. The van der Waals surface area contributed by atoms with Crippen molar-refractivity contribution in [1.29, 1.82) is 0 Å². The topological polar surface area (TPSA) is 95.1 Å². The van der Waals surface area contributed by atoms with Crippen molar-refractivity contribution in [3.8, 4) is 0 Å². The zero-order chi connectivity index (χ0) is 13.1. The number of hydrogen-bond acceptors (Lipinski definition) is 4. The van der Waals surface area contributed by atoms with Crippen molar-refractivity contribution in [1.82, 2.24) is 15.5 Å². The van der Waals surface area contributed by atoms with E-state index in [9.17, 15) is 9.59 Å². The molecule has 0 aliphatic rings. The van der Waals surface area contributed by atoms with Gasteiger partial charge in [-0.25, -0.2) is 0 Å². The van der Waals surface area contributed by atoms with Gasteiger partial charge in [0.2, 0.25) is 5.43 Å². The number of aromatic amines is 1. The number of carbonyl (C=O) groups excluding carboxylic acids is 1. The van der Waals surface area contributed by atoms with E-state index in [2.05, 4.69) is 15.5 Å². The molecule has 1 atom stereocenters. The Morgan fingerprint density at radius 3 is 2.94 bits per heavy atom. The molecule has 0 saturated heterocycles. The first-order valence-electron chi connectivity index (χ1n) is 5.53. The van der Waals surface area contributed by atoms with Crippen LogP contribution in [0.15, 0.2) is 29.1 Å². The zero-order valence-corrected chi connectivity index (χ0v) is 9.80. The lowest BCUT2D eigenvalue weighted by atomic mass is 10.2. The molecule has 0 bridgehead atoms. The number of hydrogen-bond donors (Lipinski definition) is 3. The van der Waals surface area contributed by atoms with Gasteiger partial charge in [-0.3, -0.25) is 14.7 Å². The van der Waals surface area contributed by atoms with Crippen molar-refractivity contribution in [2.75, 3.05) is 6.54 Å². The Balaban J connectivity index is 2.37. The number of H-pyrrole nitrogens is 1. The third kappa shape index (κ3) is 2.38. The maximum Gasteiger partial charge on any atom is 0.275 e. The number of carbonyl (C=O) groups is 1. The number of aromatic nitrogens is 2. The molecule has 0 radical (unpaired) electrons. The third-order valence-corrected chi connectivity index (χ3v) is 2.45. The summed E-state index contributed by atoms with van der Waals surface area (Å²) in [6, 6.07) is 6.82. The molecule has 2 aromatic rings. The lowest BCUT2D eigenvalue weighted by Gasteiger charge is -2.06. The van der Waals surface area contributed by atoms with Gasteiger partial charge in [-0.05, 0) is 19.1 Å². The van der Waals surface area contributed by atoms with Crippen LogP contribution in [0.5, 0.6) is 0 Å². The minimum atomic E-state index is -0.673. The summed E-state index contributed by atoms with van der Waals surface area (Å²) in [6.07, 6.45) is -0.673. The van der Waals surface area contributed by atoms with Crippen LogP contribution in [0.25, 0.3) is 10.9 Å². The molecule has 3 N–H and O–H groups in total. The second kappa shape index (κ2) is 4.97. The number of benzene rings is 1. The lowest BCUT2D eigenvalue weighted by molar-refractivity contribution is 0.0917. The van der Waals surface area contributed by atoms with E-state index >= 15 is 0 Å². The Labute approximate surface area is 103 Å². The average molecular weight is 247 g/mol. The second-order valence-electron chi connectivity index (χ2n) is 4.01. The van der Waals surface area contributed by atoms with Crippen LogP contribution in [-0.2, 0) is 0 Å². The second-order valence-corrected chi connectivity index (χ2v) is 4.01. The van der Waals surface area contributed by atoms with Crippen molar-refractivity contribution in [3.05, 3.63) is 40.2 Å². The SMILES string of the molecule is CC(O)CNC(=O)c1n[nH]c2ccccc2c1=O. The van der Waals surface area contributed by atoms with E-state index in [1.807, 2.05) is 0 Å². The van der Waals surface area contributed by atoms with E-state index in [1.165, 1.54) is 0 Å². The van der Waals surface area contributed by atoms with Crippen LogP contribution in [0.4, 0.5) is 0 Å². The van der Waals surface area contributed by atoms with Crippen LogP contribution in [0.2, 0.25) is 0 Å². The summed E-state index contributed by atoms with van der Waals surface area (Å²) in [5.41, 5.74) is -0.0450. The molecule has 18 heavy (non-hydrogen) atoms. The van der Waals surface area contributed by atoms with Gasteiger partial charge < -0.3 is 10.4 Å². The van der Waals surface area contributed by atoms with E-state index in [1.54, 1.807) is 31.2 Å². The molecule has 1 amide bonds. The third-order valence-electron chi connectivity index (χ3n) is 2.45. The van der Waals surface area contributed by atoms with Crippen molar-refractivity contribution in [2.45, 2.75) is 13.0 Å². The number of fused-ring (bicyclic) bond motifs is 1. The van der Waals surface area contributed by atoms with Gasteiger partial charge in [0.1, 0.15) is 0 Å². The predicted octanol–water partition coefficient (Wildman–Crippen LogP) is 0.0337. The van der Waals surface area contributed by atoms with Crippen molar-refractivity contribution in [3.63, 3.8) is 0 Å². The first kappa shape index (κ1) is 12.3. The van der Waals surface area contributed by atoms with Crippen LogP contribution in [-0.4, -0.2) is 33.9 Å². The first-order chi connectivity index (χ1) is 8.59. The molecule has 0 aliphatic heterocycles. The van der Waals surface area contributed by atoms with Gasteiger partial charge in [-0.15, -0.1) is 0 Å². The Morgan fingerprint density at radius 2 is 2.22 bits per heavy atom. The summed E-state index contributed by atoms with van der Waals surface area (Å²) in [6.45, 7) is 1.62. The van der Waals surface area contributed by atoms with Gasteiger partial charge in [0.05, 0.1) is 11.6 Å². The van der Waals surface area contributed by atoms with Gasteiger partial charge in [-0.2, -0.15) is 5.10 Å². The molecular weight excluding hydrogens is 234 g/mol. The van der Waals surface area contributed by atoms with E-state index in [0.717, 1.165) is 0 Å². The van der Waals surface area contributed by atoms with E-state index in [-0.39, 0.29) is 12.2 Å². The maximum atomic E-state index is 12.0. The molecule has 1 unspecified atom stereocenters.